The summed E-state index contributed by atoms with van der Waals surface area (Å²) in [5.74, 6) is 2.34. The van der Waals surface area contributed by atoms with E-state index in [1.54, 1.807) is 57.6 Å². The minimum atomic E-state index is -1.49. The standard InChI is InChI=1S/C28H26O7S/c1-5-34-26(29)15-9-18-6-12-22(16-24(18)33-4)35-27-23-14-13-21(32-3)17-25(23)36(30)28(27)19-7-10-20(31-2)11-8-19/h6-17H,5H2,1-4H3/b15-9+. The number of ether oxygens (including phenoxy) is 5. The molecule has 186 valence electrons. The highest BCUT2D eigenvalue weighted by Gasteiger charge is 2.32. The topological polar surface area (TPSA) is 80.3 Å². The van der Waals surface area contributed by atoms with E-state index < -0.39 is 16.8 Å². The molecule has 0 fully saturated rings. The summed E-state index contributed by atoms with van der Waals surface area (Å²) in [4.78, 5) is 12.8. The molecular weight excluding hydrogens is 480 g/mol. The van der Waals surface area contributed by atoms with E-state index in [-0.39, 0.29) is 0 Å². The van der Waals surface area contributed by atoms with Gasteiger partial charge in [0.05, 0.1) is 48.5 Å². The molecule has 4 rings (SSSR count). The van der Waals surface area contributed by atoms with E-state index in [0.29, 0.717) is 56.3 Å². The predicted molar refractivity (Wildman–Crippen MR) is 138 cm³/mol. The Morgan fingerprint density at radius 1 is 0.861 bits per heavy atom. The Labute approximate surface area is 212 Å². The van der Waals surface area contributed by atoms with Gasteiger partial charge in [-0.1, -0.05) is 0 Å². The lowest BCUT2D eigenvalue weighted by Gasteiger charge is -2.13. The van der Waals surface area contributed by atoms with Gasteiger partial charge in [-0.3, -0.25) is 0 Å². The molecule has 1 atom stereocenters. The number of rotatable bonds is 9. The van der Waals surface area contributed by atoms with Crippen molar-refractivity contribution in [3.05, 3.63) is 83.4 Å². The van der Waals surface area contributed by atoms with Gasteiger partial charge in [0, 0.05) is 23.3 Å². The molecule has 0 bridgehead atoms. The molecule has 3 aromatic rings. The third-order valence-corrected chi connectivity index (χ3v) is 7.02. The average molecular weight is 507 g/mol. The van der Waals surface area contributed by atoms with Crippen LogP contribution in [0.15, 0.2) is 71.6 Å². The van der Waals surface area contributed by atoms with Gasteiger partial charge in [-0.2, -0.15) is 0 Å². The third-order valence-electron chi connectivity index (χ3n) is 5.49. The number of carbonyl (C=O) groups excluding carboxylic acids is 1. The molecule has 0 saturated heterocycles. The monoisotopic (exact) mass is 506 g/mol. The highest BCUT2D eigenvalue weighted by atomic mass is 32.2. The first-order chi connectivity index (χ1) is 17.5. The Bertz CT molecular complexity index is 1360. The number of fused-ring (bicyclic) bond motifs is 1. The van der Waals surface area contributed by atoms with Gasteiger partial charge in [-0.25, -0.2) is 9.00 Å². The summed E-state index contributed by atoms with van der Waals surface area (Å²) in [5, 5.41) is 0. The fourth-order valence-electron chi connectivity index (χ4n) is 3.73. The highest BCUT2D eigenvalue weighted by Crippen LogP contribution is 2.44. The third kappa shape index (κ3) is 5.13. The van der Waals surface area contributed by atoms with Crippen LogP contribution in [0.2, 0.25) is 0 Å². The smallest absolute Gasteiger partial charge is 0.330 e. The summed E-state index contributed by atoms with van der Waals surface area (Å²) in [5.41, 5.74) is 2.15. The normalized spacial score (nSPS) is 14.5. The summed E-state index contributed by atoms with van der Waals surface area (Å²) in [7, 11) is 3.21. The average Bonchev–Trinajstić information content (AvgIpc) is 3.18. The first kappa shape index (κ1) is 25.1. The summed E-state index contributed by atoms with van der Waals surface area (Å²) >= 11 is 0. The van der Waals surface area contributed by atoms with E-state index in [9.17, 15) is 9.00 Å². The van der Waals surface area contributed by atoms with Crippen LogP contribution in [-0.4, -0.2) is 38.1 Å². The van der Waals surface area contributed by atoms with Crippen LogP contribution in [0, 0.1) is 0 Å². The lowest BCUT2D eigenvalue weighted by molar-refractivity contribution is -0.137. The van der Waals surface area contributed by atoms with E-state index in [0.717, 1.165) is 5.56 Å². The molecule has 0 radical (unpaired) electrons. The van der Waals surface area contributed by atoms with Gasteiger partial charge in [0.25, 0.3) is 0 Å². The van der Waals surface area contributed by atoms with E-state index in [2.05, 4.69) is 0 Å². The maximum atomic E-state index is 13.6. The number of benzene rings is 3. The summed E-state index contributed by atoms with van der Waals surface area (Å²) in [6.45, 7) is 2.05. The first-order valence-corrected chi connectivity index (χ1v) is 12.3. The van der Waals surface area contributed by atoms with Crippen molar-refractivity contribution < 1.29 is 32.7 Å². The van der Waals surface area contributed by atoms with Crippen LogP contribution in [0.3, 0.4) is 0 Å². The van der Waals surface area contributed by atoms with Gasteiger partial charge in [0.2, 0.25) is 0 Å². The molecule has 1 unspecified atom stereocenters. The van der Waals surface area contributed by atoms with Crippen molar-refractivity contribution in [3.8, 4) is 23.0 Å². The van der Waals surface area contributed by atoms with Gasteiger partial charge in [0.1, 0.15) is 23.0 Å². The summed E-state index contributed by atoms with van der Waals surface area (Å²) in [6, 6.07) is 18.0. The molecule has 0 spiro atoms. The molecule has 8 heteroatoms. The molecule has 0 saturated carbocycles. The van der Waals surface area contributed by atoms with Gasteiger partial charge >= 0.3 is 5.97 Å². The zero-order valence-corrected chi connectivity index (χ0v) is 21.2. The largest absolute Gasteiger partial charge is 0.497 e. The SMILES string of the molecule is CCOC(=O)/C=C/c1ccc(OC2=C(c3ccc(OC)cc3)S(=O)c3cc(OC)ccc32)cc1OC. The lowest BCUT2D eigenvalue weighted by Crippen LogP contribution is -1.99. The minimum absolute atomic E-state index is 0.299. The molecule has 0 amide bonds. The van der Waals surface area contributed by atoms with Crippen LogP contribution in [-0.2, 0) is 20.3 Å². The number of hydrogen-bond acceptors (Lipinski definition) is 7. The molecule has 0 aliphatic carbocycles. The number of esters is 1. The Morgan fingerprint density at radius 3 is 2.22 bits per heavy atom. The van der Waals surface area contributed by atoms with Gasteiger partial charge in [0.15, 0.2) is 5.76 Å². The molecule has 0 aromatic heterocycles. The Kier molecular flexibility index (Phi) is 7.75. The van der Waals surface area contributed by atoms with Crippen molar-refractivity contribution in [2.45, 2.75) is 11.8 Å². The maximum absolute atomic E-state index is 13.6. The molecule has 1 heterocycles. The summed E-state index contributed by atoms with van der Waals surface area (Å²) < 4.78 is 41.0. The maximum Gasteiger partial charge on any atom is 0.330 e. The van der Waals surface area contributed by atoms with Crippen LogP contribution >= 0.6 is 0 Å². The minimum Gasteiger partial charge on any atom is -0.497 e. The molecule has 0 N–H and O–H groups in total. The quantitative estimate of drug-likeness (QED) is 0.287. The number of methoxy groups -OCH3 is 3. The van der Waals surface area contributed by atoms with Gasteiger partial charge in [-0.05, 0) is 73.2 Å². The van der Waals surface area contributed by atoms with Crippen molar-refractivity contribution in [3.63, 3.8) is 0 Å². The zero-order chi connectivity index (χ0) is 25.7. The van der Waals surface area contributed by atoms with Gasteiger partial charge in [-0.15, -0.1) is 0 Å². The van der Waals surface area contributed by atoms with E-state index >= 15 is 0 Å². The number of hydrogen-bond donors (Lipinski definition) is 0. The zero-order valence-electron chi connectivity index (χ0n) is 20.4. The van der Waals surface area contributed by atoms with E-state index in [1.165, 1.54) is 13.2 Å². The van der Waals surface area contributed by atoms with Gasteiger partial charge < -0.3 is 23.7 Å². The molecule has 36 heavy (non-hydrogen) atoms. The fourth-order valence-corrected chi connectivity index (χ4v) is 5.20. The number of carbonyl (C=O) groups is 1. The van der Waals surface area contributed by atoms with Crippen LogP contribution in [0.25, 0.3) is 16.7 Å². The second-order valence-corrected chi connectivity index (χ2v) is 8.99. The molecule has 1 aliphatic rings. The van der Waals surface area contributed by atoms with Crippen LogP contribution in [0.4, 0.5) is 0 Å². The van der Waals surface area contributed by atoms with Crippen molar-refractivity contribution >= 4 is 33.5 Å². The lowest BCUT2D eigenvalue weighted by atomic mass is 10.1. The predicted octanol–water partition coefficient (Wildman–Crippen LogP) is 5.31. The Balaban J connectivity index is 1.75. The molecule has 1 aliphatic heterocycles. The Morgan fingerprint density at radius 2 is 1.56 bits per heavy atom. The fraction of sp³-hybridized carbons (Fsp3) is 0.179. The van der Waals surface area contributed by atoms with Crippen LogP contribution in [0.1, 0.15) is 23.6 Å². The van der Waals surface area contributed by atoms with Crippen molar-refractivity contribution in [2.75, 3.05) is 27.9 Å². The second kappa shape index (κ2) is 11.1. The second-order valence-electron chi connectivity index (χ2n) is 7.61. The van der Waals surface area contributed by atoms with E-state index in [1.807, 2.05) is 30.3 Å². The van der Waals surface area contributed by atoms with Crippen LogP contribution < -0.4 is 18.9 Å². The van der Waals surface area contributed by atoms with Crippen molar-refractivity contribution in [2.24, 2.45) is 0 Å². The first-order valence-electron chi connectivity index (χ1n) is 11.2. The molecule has 7 nitrogen and oxygen atoms in total. The van der Waals surface area contributed by atoms with Crippen molar-refractivity contribution in [1.82, 2.24) is 0 Å². The molecular formula is C28H26O7S. The Hall–Kier alpha value is -4.04. The van der Waals surface area contributed by atoms with E-state index in [4.69, 9.17) is 23.7 Å². The van der Waals surface area contributed by atoms with Crippen molar-refractivity contribution in [1.29, 1.82) is 0 Å². The highest BCUT2D eigenvalue weighted by molar-refractivity contribution is 7.95. The summed E-state index contributed by atoms with van der Waals surface area (Å²) in [6.07, 6.45) is 2.96. The molecule has 3 aromatic carbocycles. The van der Waals surface area contributed by atoms with Crippen LogP contribution in [0.5, 0.6) is 23.0 Å².